The lowest BCUT2D eigenvalue weighted by molar-refractivity contribution is 0.00326. The molecule has 140 valence electrons. The Balaban J connectivity index is 1.43. The minimum absolute atomic E-state index is 0.170. The molecule has 2 aromatic heterocycles. The van der Waals surface area contributed by atoms with Gasteiger partial charge in [0.1, 0.15) is 11.9 Å². The molecule has 28 heavy (non-hydrogen) atoms. The summed E-state index contributed by atoms with van der Waals surface area (Å²) in [5, 5.41) is 4.58. The van der Waals surface area contributed by atoms with Crippen LogP contribution in [0.15, 0.2) is 59.4 Å². The third kappa shape index (κ3) is 2.98. The minimum Gasteiger partial charge on any atom is -0.365 e. The maximum Gasteiger partial charge on any atom is 0.278 e. The van der Waals surface area contributed by atoms with Crippen molar-refractivity contribution in [1.82, 2.24) is 19.7 Å². The van der Waals surface area contributed by atoms with Gasteiger partial charge in [0.15, 0.2) is 5.69 Å². The molecule has 0 unspecified atom stereocenters. The van der Waals surface area contributed by atoms with Gasteiger partial charge in [0.2, 0.25) is 5.82 Å². The highest BCUT2D eigenvalue weighted by molar-refractivity contribution is 6.33. The van der Waals surface area contributed by atoms with Crippen molar-refractivity contribution in [3.63, 3.8) is 0 Å². The van der Waals surface area contributed by atoms with E-state index in [2.05, 4.69) is 15.1 Å². The van der Waals surface area contributed by atoms with Crippen LogP contribution in [0.2, 0.25) is 5.02 Å². The first-order valence-corrected chi connectivity index (χ1v) is 9.07. The molecule has 1 atom stereocenters. The topological polar surface area (TPSA) is 66.0 Å². The molecular weight excluding hydrogens is 383 g/mol. The maximum atomic E-state index is 13.1. The zero-order valence-corrected chi connectivity index (χ0v) is 15.3. The van der Waals surface area contributed by atoms with Gasteiger partial charge < -0.3 is 13.8 Å². The lowest BCUT2D eigenvalue weighted by atomic mass is 10.1. The van der Waals surface area contributed by atoms with E-state index in [9.17, 15) is 4.39 Å². The summed E-state index contributed by atoms with van der Waals surface area (Å²) < 4.78 is 26.5. The van der Waals surface area contributed by atoms with E-state index in [-0.39, 0.29) is 11.9 Å². The monoisotopic (exact) mass is 396 g/mol. The van der Waals surface area contributed by atoms with Crippen LogP contribution < -0.4 is 0 Å². The second-order valence-electron chi connectivity index (χ2n) is 6.45. The lowest BCUT2D eigenvalue weighted by Gasteiger charge is -2.25. The van der Waals surface area contributed by atoms with Crippen LogP contribution in [0.3, 0.4) is 0 Å². The SMILES string of the molecule is Fc1ccc([C@@H]2Cn3cnc(-c4nc(-c5ccccc5Cl)no4)c3CO2)cc1. The molecule has 2 aromatic carbocycles. The van der Waals surface area contributed by atoms with Crippen molar-refractivity contribution in [3.05, 3.63) is 77.0 Å². The second-order valence-corrected chi connectivity index (χ2v) is 6.85. The largest absolute Gasteiger partial charge is 0.365 e. The molecule has 0 saturated carbocycles. The molecule has 0 aliphatic carbocycles. The molecule has 0 saturated heterocycles. The molecule has 5 rings (SSSR count). The van der Waals surface area contributed by atoms with E-state index >= 15 is 0 Å². The van der Waals surface area contributed by atoms with E-state index in [0.29, 0.717) is 41.1 Å². The number of fused-ring (bicyclic) bond motifs is 1. The van der Waals surface area contributed by atoms with Crippen molar-refractivity contribution in [2.45, 2.75) is 19.3 Å². The van der Waals surface area contributed by atoms with Gasteiger partial charge in [-0.1, -0.05) is 41.0 Å². The van der Waals surface area contributed by atoms with Crippen LogP contribution in [0, 0.1) is 5.82 Å². The van der Waals surface area contributed by atoms with Gasteiger partial charge in [-0.05, 0) is 29.8 Å². The lowest BCUT2D eigenvalue weighted by Crippen LogP contribution is -2.20. The molecule has 0 bridgehead atoms. The van der Waals surface area contributed by atoms with Gasteiger partial charge >= 0.3 is 0 Å². The Morgan fingerprint density at radius 3 is 2.75 bits per heavy atom. The van der Waals surface area contributed by atoms with Crippen LogP contribution in [0.25, 0.3) is 23.0 Å². The van der Waals surface area contributed by atoms with Gasteiger partial charge in [0.25, 0.3) is 5.89 Å². The summed E-state index contributed by atoms with van der Waals surface area (Å²) in [7, 11) is 0. The van der Waals surface area contributed by atoms with Gasteiger partial charge in [-0.3, -0.25) is 0 Å². The third-order valence-electron chi connectivity index (χ3n) is 4.72. The molecule has 0 radical (unpaired) electrons. The Morgan fingerprint density at radius 2 is 1.93 bits per heavy atom. The normalized spacial score (nSPS) is 16.1. The molecule has 6 nitrogen and oxygen atoms in total. The predicted molar refractivity (Wildman–Crippen MR) is 99.9 cm³/mol. The highest BCUT2D eigenvalue weighted by atomic mass is 35.5. The van der Waals surface area contributed by atoms with Crippen molar-refractivity contribution < 1.29 is 13.7 Å². The van der Waals surface area contributed by atoms with E-state index in [0.717, 1.165) is 11.3 Å². The maximum absolute atomic E-state index is 13.1. The van der Waals surface area contributed by atoms with Gasteiger partial charge in [0.05, 0.1) is 30.2 Å². The molecule has 3 heterocycles. The fourth-order valence-electron chi connectivity index (χ4n) is 3.26. The van der Waals surface area contributed by atoms with E-state index in [1.807, 2.05) is 22.8 Å². The highest BCUT2D eigenvalue weighted by Crippen LogP contribution is 2.32. The molecule has 1 aliphatic heterocycles. The summed E-state index contributed by atoms with van der Waals surface area (Å²) in [4.78, 5) is 8.88. The molecule has 8 heteroatoms. The van der Waals surface area contributed by atoms with Crippen LogP contribution in [0.1, 0.15) is 17.4 Å². The van der Waals surface area contributed by atoms with Crippen LogP contribution in [-0.4, -0.2) is 19.7 Å². The average molecular weight is 397 g/mol. The Kier molecular flexibility index (Phi) is 4.18. The first-order chi connectivity index (χ1) is 13.7. The number of nitrogens with zero attached hydrogens (tertiary/aromatic N) is 4. The zero-order chi connectivity index (χ0) is 19.1. The van der Waals surface area contributed by atoms with Crippen molar-refractivity contribution in [2.75, 3.05) is 0 Å². The number of halogens is 2. The number of hydrogen-bond donors (Lipinski definition) is 0. The summed E-state index contributed by atoms with van der Waals surface area (Å²) >= 11 is 6.21. The quantitative estimate of drug-likeness (QED) is 0.503. The Hall–Kier alpha value is -3.03. The number of rotatable bonds is 3. The molecular formula is C20H14ClFN4O2. The third-order valence-corrected chi connectivity index (χ3v) is 5.04. The Bertz CT molecular complexity index is 1140. The van der Waals surface area contributed by atoms with Crippen molar-refractivity contribution >= 4 is 11.6 Å². The number of aromatic nitrogens is 4. The summed E-state index contributed by atoms with van der Waals surface area (Å²) in [6.07, 6.45) is 1.56. The summed E-state index contributed by atoms with van der Waals surface area (Å²) in [6.45, 7) is 0.903. The molecule has 0 spiro atoms. The summed E-state index contributed by atoms with van der Waals surface area (Å²) in [5.74, 6) is 0.451. The van der Waals surface area contributed by atoms with Crippen LogP contribution in [0.4, 0.5) is 4.39 Å². The van der Waals surface area contributed by atoms with Crippen LogP contribution in [-0.2, 0) is 17.9 Å². The molecule has 0 N–H and O–H groups in total. The van der Waals surface area contributed by atoms with Gasteiger partial charge in [0, 0.05) is 5.56 Å². The molecule has 0 amide bonds. The van der Waals surface area contributed by atoms with E-state index in [1.54, 1.807) is 24.5 Å². The number of ether oxygens (including phenoxy) is 1. The van der Waals surface area contributed by atoms with E-state index < -0.39 is 0 Å². The Labute approximate surface area is 164 Å². The summed E-state index contributed by atoms with van der Waals surface area (Å²) in [6, 6.07) is 13.6. The highest BCUT2D eigenvalue weighted by Gasteiger charge is 2.26. The molecule has 0 fully saturated rings. The first-order valence-electron chi connectivity index (χ1n) is 8.69. The summed E-state index contributed by atoms with van der Waals surface area (Å²) in [5.41, 5.74) is 3.05. The van der Waals surface area contributed by atoms with Crippen molar-refractivity contribution in [2.24, 2.45) is 0 Å². The van der Waals surface area contributed by atoms with E-state index in [1.165, 1.54) is 12.1 Å². The zero-order valence-electron chi connectivity index (χ0n) is 14.5. The number of imidazole rings is 1. The van der Waals surface area contributed by atoms with Crippen LogP contribution in [0.5, 0.6) is 0 Å². The number of hydrogen-bond acceptors (Lipinski definition) is 5. The Morgan fingerprint density at radius 1 is 1.11 bits per heavy atom. The molecule has 1 aliphatic rings. The van der Waals surface area contributed by atoms with E-state index in [4.69, 9.17) is 20.9 Å². The molecule has 4 aromatic rings. The van der Waals surface area contributed by atoms with Gasteiger partial charge in [-0.25, -0.2) is 9.37 Å². The average Bonchev–Trinajstić information content (AvgIpc) is 3.35. The second kappa shape index (κ2) is 6.85. The van der Waals surface area contributed by atoms with Gasteiger partial charge in [-0.15, -0.1) is 0 Å². The predicted octanol–water partition coefficient (Wildman–Crippen LogP) is 4.66. The van der Waals surface area contributed by atoms with Crippen molar-refractivity contribution in [3.8, 4) is 23.0 Å². The smallest absolute Gasteiger partial charge is 0.278 e. The minimum atomic E-state index is -0.268. The first kappa shape index (κ1) is 17.1. The fourth-order valence-corrected chi connectivity index (χ4v) is 3.48. The van der Waals surface area contributed by atoms with Crippen molar-refractivity contribution in [1.29, 1.82) is 0 Å². The van der Waals surface area contributed by atoms with Crippen LogP contribution >= 0.6 is 11.6 Å². The number of benzene rings is 2. The van der Waals surface area contributed by atoms with Gasteiger partial charge in [-0.2, -0.15) is 4.98 Å². The standard InChI is InChI=1S/C20H14ClFN4O2/c21-15-4-2-1-3-14(15)19-24-20(28-25-19)18-16-10-27-17(9-26(16)11-23-18)12-5-7-13(22)8-6-12/h1-8,11,17H,9-10H2/t17-/m0/s1. The fraction of sp³-hybridized carbons (Fsp3) is 0.150.